The number of quaternary nitrogens is 1. The molecule has 0 aliphatic carbocycles. The summed E-state index contributed by atoms with van der Waals surface area (Å²) in [6.45, 7) is 5.35. The average Bonchev–Trinajstić information content (AvgIpc) is 2.92. The summed E-state index contributed by atoms with van der Waals surface area (Å²) in [6, 6.07) is 21.9. The van der Waals surface area contributed by atoms with Gasteiger partial charge >= 0.3 is 0 Å². The quantitative estimate of drug-likeness (QED) is 0.464. The molecule has 4 rings (SSSR count). The first-order chi connectivity index (χ1) is 17.8. The van der Waals surface area contributed by atoms with Gasteiger partial charge in [0.25, 0.3) is 10.0 Å². The fraction of sp³-hybridized carbons (Fsp3) is 0.321. The summed E-state index contributed by atoms with van der Waals surface area (Å²) in [4.78, 5) is 16.6. The summed E-state index contributed by atoms with van der Waals surface area (Å²) in [7, 11) is -1.12. The molecule has 0 atom stereocenters. The Balaban J connectivity index is 1.53. The van der Waals surface area contributed by atoms with Gasteiger partial charge in [-0.05, 0) is 31.2 Å². The number of methoxy groups -OCH3 is 2. The molecule has 0 unspecified atom stereocenters. The number of hydrogen-bond donors (Lipinski definition) is 1. The van der Waals surface area contributed by atoms with Crippen LogP contribution in [0.15, 0.2) is 77.7 Å². The van der Waals surface area contributed by atoms with Gasteiger partial charge in [0.1, 0.15) is 13.1 Å². The average molecular weight is 525 g/mol. The van der Waals surface area contributed by atoms with Gasteiger partial charge in [0, 0.05) is 11.6 Å². The van der Waals surface area contributed by atoms with Crippen LogP contribution in [0.4, 0.5) is 5.69 Å². The van der Waals surface area contributed by atoms with Gasteiger partial charge in [0.2, 0.25) is 5.91 Å². The van der Waals surface area contributed by atoms with E-state index in [1.165, 1.54) is 41.1 Å². The lowest BCUT2D eigenvalue weighted by Crippen LogP contribution is -3.13. The van der Waals surface area contributed by atoms with Gasteiger partial charge in [-0.25, -0.2) is 8.42 Å². The van der Waals surface area contributed by atoms with Crippen molar-refractivity contribution in [2.24, 2.45) is 0 Å². The van der Waals surface area contributed by atoms with Gasteiger partial charge < -0.3 is 19.3 Å². The van der Waals surface area contributed by atoms with Crippen LogP contribution in [0, 0.1) is 6.92 Å². The highest BCUT2D eigenvalue weighted by atomic mass is 32.2. The molecule has 0 spiro atoms. The Hall–Kier alpha value is -3.56. The lowest BCUT2D eigenvalue weighted by molar-refractivity contribution is -0.917. The van der Waals surface area contributed by atoms with E-state index in [9.17, 15) is 13.2 Å². The third kappa shape index (κ3) is 6.23. The summed E-state index contributed by atoms with van der Waals surface area (Å²) in [5, 5.41) is 0. The Morgan fingerprint density at radius 1 is 0.919 bits per heavy atom. The van der Waals surface area contributed by atoms with Crippen molar-refractivity contribution in [3.63, 3.8) is 0 Å². The van der Waals surface area contributed by atoms with Gasteiger partial charge in [-0.15, -0.1) is 0 Å². The van der Waals surface area contributed by atoms with Crippen LogP contribution in [0.2, 0.25) is 0 Å². The third-order valence-corrected chi connectivity index (χ3v) is 8.43. The van der Waals surface area contributed by atoms with Crippen LogP contribution >= 0.6 is 0 Å². The Bertz CT molecular complexity index is 1310. The lowest BCUT2D eigenvalue weighted by Gasteiger charge is -2.34. The third-order valence-electron chi connectivity index (χ3n) is 6.66. The molecule has 37 heavy (non-hydrogen) atoms. The Morgan fingerprint density at radius 3 is 2.19 bits per heavy atom. The van der Waals surface area contributed by atoms with Crippen molar-refractivity contribution < 1.29 is 27.6 Å². The molecule has 1 heterocycles. The number of benzene rings is 3. The molecule has 3 aromatic rings. The number of rotatable bonds is 9. The molecule has 0 radical (unpaired) electrons. The second kappa shape index (κ2) is 11.7. The predicted molar refractivity (Wildman–Crippen MR) is 143 cm³/mol. The normalized spacial score (nSPS) is 14.3. The number of amides is 1. The highest BCUT2D eigenvalue weighted by Gasteiger charge is 2.31. The van der Waals surface area contributed by atoms with E-state index < -0.39 is 10.0 Å². The van der Waals surface area contributed by atoms with E-state index >= 15 is 0 Å². The van der Waals surface area contributed by atoms with Crippen LogP contribution in [0.25, 0.3) is 0 Å². The number of carbonyl (C=O) groups excluding carboxylic acids is 1. The molecular weight excluding hydrogens is 490 g/mol. The molecule has 0 bridgehead atoms. The van der Waals surface area contributed by atoms with Crippen molar-refractivity contribution in [2.45, 2.75) is 18.4 Å². The Morgan fingerprint density at radius 2 is 1.57 bits per heavy atom. The second-order valence-corrected chi connectivity index (χ2v) is 11.0. The summed E-state index contributed by atoms with van der Waals surface area (Å²) < 4.78 is 39.4. The summed E-state index contributed by atoms with van der Waals surface area (Å²) >= 11 is 0. The van der Waals surface area contributed by atoms with E-state index in [0.29, 0.717) is 30.3 Å². The summed E-state index contributed by atoms with van der Waals surface area (Å²) in [6.07, 6.45) is 0. The highest BCUT2D eigenvalue weighted by molar-refractivity contribution is 7.92. The molecule has 1 amide bonds. The number of ether oxygens (including phenoxy) is 2. The molecule has 1 saturated heterocycles. The smallest absolute Gasteiger partial charge is 0.264 e. The van der Waals surface area contributed by atoms with E-state index in [1.807, 2.05) is 37.3 Å². The molecule has 1 fully saturated rings. The number of anilines is 1. The maximum absolute atomic E-state index is 13.8. The first kappa shape index (κ1) is 26.5. The minimum Gasteiger partial charge on any atom is -0.493 e. The monoisotopic (exact) mass is 524 g/mol. The molecule has 3 aromatic carbocycles. The second-order valence-electron chi connectivity index (χ2n) is 9.16. The van der Waals surface area contributed by atoms with Crippen molar-refractivity contribution >= 4 is 21.6 Å². The van der Waals surface area contributed by atoms with Crippen LogP contribution in [-0.4, -0.2) is 66.2 Å². The molecule has 1 aliphatic rings. The molecular formula is C28H34N3O5S+. The van der Waals surface area contributed by atoms with E-state index in [-0.39, 0.29) is 17.3 Å². The van der Waals surface area contributed by atoms with Crippen LogP contribution in [0.1, 0.15) is 11.1 Å². The van der Waals surface area contributed by atoms with Crippen molar-refractivity contribution in [1.82, 2.24) is 4.90 Å². The molecule has 8 nitrogen and oxygen atoms in total. The van der Waals surface area contributed by atoms with Crippen molar-refractivity contribution in [3.05, 3.63) is 83.9 Å². The zero-order valence-corrected chi connectivity index (χ0v) is 22.3. The van der Waals surface area contributed by atoms with E-state index in [0.717, 1.165) is 25.2 Å². The summed E-state index contributed by atoms with van der Waals surface area (Å²) in [5.41, 5.74) is 2.70. The number of piperazine rings is 1. The van der Waals surface area contributed by atoms with Gasteiger partial charge in [-0.1, -0.05) is 48.0 Å². The zero-order valence-electron chi connectivity index (χ0n) is 21.5. The van der Waals surface area contributed by atoms with E-state index in [1.54, 1.807) is 23.1 Å². The van der Waals surface area contributed by atoms with Gasteiger partial charge in [-0.2, -0.15) is 0 Å². The summed E-state index contributed by atoms with van der Waals surface area (Å²) in [5.74, 6) is 0.509. The molecule has 0 aromatic heterocycles. The van der Waals surface area contributed by atoms with Crippen LogP contribution in [0.3, 0.4) is 0 Å². The molecule has 9 heteroatoms. The topological polar surface area (TPSA) is 80.6 Å². The first-order valence-electron chi connectivity index (χ1n) is 12.3. The fourth-order valence-corrected chi connectivity index (χ4v) is 5.92. The van der Waals surface area contributed by atoms with Crippen LogP contribution in [0.5, 0.6) is 11.5 Å². The Labute approximate surface area is 219 Å². The zero-order chi connectivity index (χ0) is 26.4. The standard InChI is InChI=1S/C28H33N3O5S/c1-22-9-11-24(12-10-22)31(37(33,34)25-13-14-26(35-2)27(19-25)36-3)21-28(32)30-17-15-29(16-18-30)20-23-7-5-4-6-8-23/h4-14,19H,15-18,20-21H2,1-3H3/p+1. The van der Waals surface area contributed by atoms with E-state index in [2.05, 4.69) is 12.1 Å². The number of nitrogens with one attached hydrogen (secondary N) is 1. The van der Waals surface area contributed by atoms with Crippen molar-refractivity contribution in [1.29, 1.82) is 0 Å². The lowest BCUT2D eigenvalue weighted by atomic mass is 10.2. The maximum atomic E-state index is 13.8. The Kier molecular flexibility index (Phi) is 8.35. The van der Waals surface area contributed by atoms with Crippen LogP contribution in [-0.2, 0) is 21.4 Å². The van der Waals surface area contributed by atoms with Crippen LogP contribution < -0.4 is 18.7 Å². The number of aryl methyl sites for hydroxylation is 1. The van der Waals surface area contributed by atoms with Crippen molar-refractivity contribution in [3.8, 4) is 11.5 Å². The molecule has 1 aliphatic heterocycles. The largest absolute Gasteiger partial charge is 0.493 e. The minimum atomic E-state index is -4.06. The van der Waals surface area contributed by atoms with Gasteiger partial charge in [0.05, 0.1) is 51.0 Å². The molecule has 0 saturated carbocycles. The number of hydrogen-bond acceptors (Lipinski definition) is 5. The minimum absolute atomic E-state index is 0.0237. The number of sulfonamides is 1. The molecule has 196 valence electrons. The molecule has 1 N–H and O–H groups in total. The number of nitrogens with zero attached hydrogens (tertiary/aromatic N) is 2. The van der Waals surface area contributed by atoms with E-state index in [4.69, 9.17) is 9.47 Å². The van der Waals surface area contributed by atoms with Crippen molar-refractivity contribution in [2.75, 3.05) is 51.2 Å². The first-order valence-corrected chi connectivity index (χ1v) is 13.7. The fourth-order valence-electron chi connectivity index (χ4n) is 4.49. The SMILES string of the molecule is COc1ccc(S(=O)(=O)N(CC(=O)N2CC[NH+](Cc3ccccc3)CC2)c2ccc(C)cc2)cc1OC. The van der Waals surface area contributed by atoms with Gasteiger partial charge in [0.15, 0.2) is 11.5 Å². The number of carbonyl (C=O) groups is 1. The predicted octanol–water partition coefficient (Wildman–Crippen LogP) is 2.13. The highest BCUT2D eigenvalue weighted by Crippen LogP contribution is 2.32. The maximum Gasteiger partial charge on any atom is 0.264 e. The van der Waals surface area contributed by atoms with Gasteiger partial charge in [-0.3, -0.25) is 9.10 Å².